The van der Waals surface area contributed by atoms with Crippen LogP contribution in [0.4, 0.5) is 0 Å². The van der Waals surface area contributed by atoms with Gasteiger partial charge in [0.1, 0.15) is 18.1 Å². The number of phenolic OH excluding ortho intramolecular Hbond substituents is 1. The van der Waals surface area contributed by atoms with Gasteiger partial charge in [-0.1, -0.05) is 6.07 Å². The molecule has 2 aromatic rings. The van der Waals surface area contributed by atoms with Gasteiger partial charge in [0.05, 0.1) is 5.56 Å². The molecule has 0 saturated heterocycles. The zero-order valence-corrected chi connectivity index (χ0v) is 16.9. The van der Waals surface area contributed by atoms with E-state index in [1.165, 1.54) is 38.5 Å². The Bertz CT molecular complexity index is 1050. The lowest BCUT2D eigenvalue weighted by Gasteiger charge is -2.57. The number of carboxylic acid groups (broad SMARTS) is 1. The molecule has 4 fully saturated rings. The summed E-state index contributed by atoms with van der Waals surface area (Å²) in [7, 11) is 0. The topological polar surface area (TPSA) is 66.8 Å². The van der Waals surface area contributed by atoms with Crippen molar-refractivity contribution in [2.24, 2.45) is 17.8 Å². The monoisotopic (exact) mass is 402 g/mol. The number of rotatable bonds is 3. The minimum absolute atomic E-state index is 0.124. The van der Waals surface area contributed by atoms with Crippen molar-refractivity contribution in [3.05, 3.63) is 58.7 Å². The van der Waals surface area contributed by atoms with Crippen LogP contribution in [-0.2, 0) is 5.41 Å². The average molecular weight is 402 g/mol. The van der Waals surface area contributed by atoms with Crippen LogP contribution in [0.15, 0.2) is 36.4 Å². The molecule has 4 nitrogen and oxygen atoms in total. The second-order valence-corrected chi connectivity index (χ2v) is 9.95. The fourth-order valence-electron chi connectivity index (χ4n) is 7.08. The number of aromatic carboxylic acids is 1. The number of hydrogen-bond donors (Lipinski definition) is 2. The van der Waals surface area contributed by atoms with Crippen LogP contribution in [-0.4, -0.2) is 22.8 Å². The molecule has 0 spiro atoms. The van der Waals surface area contributed by atoms with E-state index in [0.717, 1.165) is 40.0 Å². The summed E-state index contributed by atoms with van der Waals surface area (Å²) in [5, 5.41) is 20.1. The molecule has 0 radical (unpaired) electrons. The van der Waals surface area contributed by atoms with E-state index in [0.29, 0.717) is 18.1 Å². The highest BCUT2D eigenvalue weighted by molar-refractivity contribution is 5.92. The van der Waals surface area contributed by atoms with Crippen molar-refractivity contribution in [1.82, 2.24) is 0 Å². The van der Waals surface area contributed by atoms with Crippen LogP contribution in [0.25, 0.3) is 11.6 Å². The Morgan fingerprint density at radius 2 is 1.67 bits per heavy atom. The highest BCUT2D eigenvalue weighted by Gasteiger charge is 2.52. The molecule has 1 heterocycles. The van der Waals surface area contributed by atoms with E-state index in [1.807, 2.05) is 18.2 Å². The highest BCUT2D eigenvalue weighted by Crippen LogP contribution is 2.62. The van der Waals surface area contributed by atoms with Crippen LogP contribution in [0.5, 0.6) is 11.5 Å². The smallest absolute Gasteiger partial charge is 0.335 e. The zero-order valence-electron chi connectivity index (χ0n) is 16.9. The second kappa shape index (κ2) is 6.37. The molecule has 1 aliphatic heterocycles. The Labute approximate surface area is 176 Å². The molecule has 30 heavy (non-hydrogen) atoms. The first kappa shape index (κ1) is 18.1. The lowest BCUT2D eigenvalue weighted by atomic mass is 9.48. The zero-order chi connectivity index (χ0) is 20.5. The van der Waals surface area contributed by atoms with E-state index in [1.54, 1.807) is 18.2 Å². The van der Waals surface area contributed by atoms with E-state index in [9.17, 15) is 15.0 Å². The maximum atomic E-state index is 11.3. The molecular weight excluding hydrogens is 376 g/mol. The fraction of sp³-hybridized carbons (Fsp3) is 0.423. The third-order valence-electron chi connectivity index (χ3n) is 7.95. The van der Waals surface area contributed by atoms with Gasteiger partial charge in [0.25, 0.3) is 0 Å². The molecule has 5 aliphatic rings. The predicted octanol–water partition coefficient (Wildman–Crippen LogP) is 5.49. The van der Waals surface area contributed by atoms with Crippen molar-refractivity contribution < 1.29 is 19.7 Å². The first-order valence-electron chi connectivity index (χ1n) is 11.0. The number of carbonyl (C=O) groups is 1. The first-order chi connectivity index (χ1) is 14.5. The number of carboxylic acids is 1. The molecule has 0 aromatic heterocycles. The van der Waals surface area contributed by atoms with Gasteiger partial charge in [-0.05, 0) is 109 Å². The highest BCUT2D eigenvalue weighted by atomic mass is 16.5. The summed E-state index contributed by atoms with van der Waals surface area (Å²) >= 11 is 0. The van der Waals surface area contributed by atoms with Gasteiger partial charge in [-0.2, -0.15) is 0 Å². The van der Waals surface area contributed by atoms with Crippen LogP contribution in [0, 0.1) is 17.8 Å². The molecule has 4 heteroatoms. The normalized spacial score (nSPS) is 31.1. The molecule has 2 N–H and O–H groups in total. The number of hydrogen-bond acceptors (Lipinski definition) is 3. The van der Waals surface area contributed by atoms with Gasteiger partial charge in [-0.3, -0.25) is 0 Å². The summed E-state index contributed by atoms with van der Waals surface area (Å²) in [5.41, 5.74) is 4.38. The largest absolute Gasteiger partial charge is 0.508 e. The summed E-state index contributed by atoms with van der Waals surface area (Å²) in [6, 6.07) is 10.9. The van der Waals surface area contributed by atoms with Gasteiger partial charge in [-0.25, -0.2) is 4.79 Å². The standard InChI is InChI=1S/C26H26O4/c27-23-3-1-18(21-9-20-8-19(25(28)29)2-4-24(20)30-14-21)10-22(23)26-11-15-5-16(12-26)7-17(6-15)13-26/h1-4,8-10,15-17,27H,5-7,11-14H2,(H,28,29). The second-order valence-electron chi connectivity index (χ2n) is 9.95. The van der Waals surface area contributed by atoms with E-state index < -0.39 is 5.97 Å². The Hall–Kier alpha value is -2.75. The van der Waals surface area contributed by atoms with E-state index in [2.05, 4.69) is 6.07 Å². The molecule has 4 saturated carbocycles. The van der Waals surface area contributed by atoms with Gasteiger partial charge < -0.3 is 14.9 Å². The van der Waals surface area contributed by atoms with E-state index >= 15 is 0 Å². The summed E-state index contributed by atoms with van der Waals surface area (Å²) in [6.45, 7) is 0.449. The van der Waals surface area contributed by atoms with Crippen LogP contribution in [0.3, 0.4) is 0 Å². The summed E-state index contributed by atoms with van der Waals surface area (Å²) < 4.78 is 5.92. The van der Waals surface area contributed by atoms with Crippen molar-refractivity contribution >= 4 is 17.6 Å². The number of phenols is 1. The molecule has 4 bridgehead atoms. The predicted molar refractivity (Wildman–Crippen MR) is 115 cm³/mol. The van der Waals surface area contributed by atoms with Gasteiger partial charge in [0, 0.05) is 11.1 Å². The average Bonchev–Trinajstić information content (AvgIpc) is 2.72. The van der Waals surface area contributed by atoms with E-state index in [-0.39, 0.29) is 11.0 Å². The summed E-state index contributed by atoms with van der Waals surface area (Å²) in [4.78, 5) is 11.3. The van der Waals surface area contributed by atoms with Gasteiger partial charge in [-0.15, -0.1) is 0 Å². The molecule has 0 amide bonds. The van der Waals surface area contributed by atoms with Crippen molar-refractivity contribution in [2.45, 2.75) is 43.9 Å². The Morgan fingerprint density at radius 3 is 2.33 bits per heavy atom. The molecule has 2 aromatic carbocycles. The van der Waals surface area contributed by atoms with Crippen LogP contribution in [0.2, 0.25) is 0 Å². The third kappa shape index (κ3) is 2.77. The van der Waals surface area contributed by atoms with Crippen LogP contribution >= 0.6 is 0 Å². The Kier molecular flexibility index (Phi) is 3.83. The van der Waals surface area contributed by atoms with Gasteiger partial charge in [0.15, 0.2) is 0 Å². The lowest BCUT2D eigenvalue weighted by Crippen LogP contribution is -2.48. The number of aromatic hydroxyl groups is 1. The van der Waals surface area contributed by atoms with Crippen LogP contribution < -0.4 is 4.74 Å². The maximum Gasteiger partial charge on any atom is 0.335 e. The maximum absolute atomic E-state index is 11.3. The number of ether oxygens (including phenoxy) is 1. The number of fused-ring (bicyclic) bond motifs is 1. The number of benzene rings is 2. The molecule has 7 rings (SSSR count). The fourth-order valence-corrected chi connectivity index (χ4v) is 7.08. The minimum Gasteiger partial charge on any atom is -0.508 e. The van der Waals surface area contributed by atoms with Crippen molar-refractivity contribution in [3.8, 4) is 11.5 Å². The van der Waals surface area contributed by atoms with Gasteiger partial charge in [0.2, 0.25) is 0 Å². The Morgan fingerprint density at radius 1 is 0.967 bits per heavy atom. The van der Waals surface area contributed by atoms with Gasteiger partial charge >= 0.3 is 5.97 Å². The van der Waals surface area contributed by atoms with Crippen molar-refractivity contribution in [3.63, 3.8) is 0 Å². The lowest BCUT2D eigenvalue weighted by molar-refractivity contribution is -0.00614. The Balaban J connectivity index is 1.39. The van der Waals surface area contributed by atoms with Crippen LogP contribution in [0.1, 0.15) is 65.6 Å². The molecule has 0 atom stereocenters. The quantitative estimate of drug-likeness (QED) is 0.712. The first-order valence-corrected chi connectivity index (χ1v) is 11.0. The summed E-state index contributed by atoms with van der Waals surface area (Å²) in [6.07, 6.45) is 9.77. The minimum atomic E-state index is -0.938. The summed E-state index contributed by atoms with van der Waals surface area (Å²) in [5.74, 6) is 2.65. The van der Waals surface area contributed by atoms with Crippen molar-refractivity contribution in [2.75, 3.05) is 6.61 Å². The van der Waals surface area contributed by atoms with E-state index in [4.69, 9.17) is 4.74 Å². The molecular formula is C26H26O4. The third-order valence-corrected chi connectivity index (χ3v) is 7.95. The molecule has 154 valence electrons. The van der Waals surface area contributed by atoms with Crippen molar-refractivity contribution in [1.29, 1.82) is 0 Å². The molecule has 4 aliphatic carbocycles. The SMILES string of the molecule is O=C(O)c1ccc2c(c1)C=C(c1ccc(O)c(C34CC5CC(CC(C5)C3)C4)c1)CO2. The molecule has 0 unspecified atom stereocenters.